The highest BCUT2D eigenvalue weighted by Gasteiger charge is 2.44. The summed E-state index contributed by atoms with van der Waals surface area (Å²) in [6, 6.07) is 8.03. The van der Waals surface area contributed by atoms with E-state index in [2.05, 4.69) is 22.4 Å². The fourth-order valence-electron chi connectivity index (χ4n) is 3.62. The number of nitrogens with one attached hydrogen (secondary N) is 2. The minimum Gasteiger partial charge on any atom is -0.381 e. The van der Waals surface area contributed by atoms with Crippen LogP contribution in [0.4, 0.5) is 4.39 Å². The molecule has 0 saturated carbocycles. The Labute approximate surface area is 117 Å². The van der Waals surface area contributed by atoms with Crippen molar-refractivity contribution in [2.45, 2.75) is 31.0 Å². The highest BCUT2D eigenvalue weighted by Crippen LogP contribution is 2.42. The van der Waals surface area contributed by atoms with Crippen LogP contribution in [-0.4, -0.2) is 30.4 Å². The second-order valence-corrected chi connectivity index (χ2v) is 5.85. The zero-order valence-electron chi connectivity index (χ0n) is 11.4. The molecule has 1 fully saturated rings. The van der Waals surface area contributed by atoms with E-state index in [9.17, 15) is 0 Å². The Morgan fingerprint density at radius 2 is 2.00 bits per heavy atom. The largest absolute Gasteiger partial charge is 0.381 e. The van der Waals surface area contributed by atoms with E-state index < -0.39 is 5.67 Å². The summed E-state index contributed by atoms with van der Waals surface area (Å²) in [6.45, 7) is 1.88. The molecule has 1 aromatic carbocycles. The molecule has 1 saturated heterocycles. The molecule has 2 aliphatic rings. The molecule has 20 heavy (non-hydrogen) atoms. The monoisotopic (exact) mass is 274 g/mol. The van der Waals surface area contributed by atoms with Gasteiger partial charge in [0.2, 0.25) is 0 Å². The molecule has 2 aliphatic heterocycles. The zero-order valence-corrected chi connectivity index (χ0v) is 11.4. The SMILES string of the molecule is FC1(C2NCCc3c2[nH]c2ccccc32)CCOCC1. The van der Waals surface area contributed by atoms with Crippen LogP contribution in [0.5, 0.6) is 0 Å². The van der Waals surface area contributed by atoms with Gasteiger partial charge in [0.15, 0.2) is 0 Å². The molecule has 1 unspecified atom stereocenters. The standard InChI is InChI=1S/C16H19FN2O/c17-16(6-9-20-10-7-16)15-14-12(5-8-18-15)11-3-1-2-4-13(11)19-14/h1-4,15,18-19H,5-10H2. The molecule has 0 aliphatic carbocycles. The number of para-hydroxylation sites is 1. The van der Waals surface area contributed by atoms with Crippen LogP contribution in [0.15, 0.2) is 24.3 Å². The second-order valence-electron chi connectivity index (χ2n) is 5.85. The van der Waals surface area contributed by atoms with Crippen molar-refractivity contribution in [3.63, 3.8) is 0 Å². The Kier molecular flexibility index (Phi) is 2.82. The number of fused-ring (bicyclic) bond motifs is 3. The number of ether oxygens (including phenoxy) is 1. The third-order valence-corrected chi connectivity index (χ3v) is 4.70. The molecule has 4 heteroatoms. The third kappa shape index (κ3) is 1.79. The fraction of sp³-hybridized carbons (Fsp3) is 0.500. The van der Waals surface area contributed by atoms with Gasteiger partial charge >= 0.3 is 0 Å². The van der Waals surface area contributed by atoms with Gasteiger partial charge in [0.25, 0.3) is 0 Å². The van der Waals surface area contributed by atoms with Gasteiger partial charge in [-0.3, -0.25) is 0 Å². The molecule has 0 amide bonds. The lowest BCUT2D eigenvalue weighted by molar-refractivity contribution is -0.0325. The van der Waals surface area contributed by atoms with E-state index in [1.54, 1.807) is 0 Å². The number of aromatic amines is 1. The molecule has 2 aromatic rings. The van der Waals surface area contributed by atoms with Gasteiger partial charge in [-0.2, -0.15) is 0 Å². The maximum absolute atomic E-state index is 15.3. The summed E-state index contributed by atoms with van der Waals surface area (Å²) in [6.07, 6.45) is 1.90. The molecule has 0 radical (unpaired) electrons. The first-order valence-electron chi connectivity index (χ1n) is 7.37. The summed E-state index contributed by atoms with van der Waals surface area (Å²) in [5, 5.41) is 4.63. The summed E-state index contributed by atoms with van der Waals surface area (Å²) in [5.74, 6) is 0. The summed E-state index contributed by atoms with van der Waals surface area (Å²) >= 11 is 0. The second kappa shape index (κ2) is 4.57. The van der Waals surface area contributed by atoms with Crippen LogP contribution in [0, 0.1) is 0 Å². The van der Waals surface area contributed by atoms with Crippen molar-refractivity contribution in [2.75, 3.05) is 19.8 Å². The summed E-state index contributed by atoms with van der Waals surface area (Å²) in [7, 11) is 0. The Morgan fingerprint density at radius 3 is 2.85 bits per heavy atom. The average Bonchev–Trinajstić information content (AvgIpc) is 2.86. The van der Waals surface area contributed by atoms with Crippen LogP contribution in [0.1, 0.15) is 30.1 Å². The summed E-state index contributed by atoms with van der Waals surface area (Å²) < 4.78 is 20.6. The summed E-state index contributed by atoms with van der Waals surface area (Å²) in [5.41, 5.74) is 2.24. The van der Waals surface area contributed by atoms with Crippen molar-refractivity contribution in [3.05, 3.63) is 35.5 Å². The van der Waals surface area contributed by atoms with Crippen molar-refractivity contribution in [2.24, 2.45) is 0 Å². The molecule has 1 atom stereocenters. The number of H-pyrrole nitrogens is 1. The average molecular weight is 274 g/mol. The Bertz CT molecular complexity index is 630. The van der Waals surface area contributed by atoms with E-state index in [0.717, 1.165) is 24.2 Å². The first kappa shape index (κ1) is 12.4. The lowest BCUT2D eigenvalue weighted by atomic mass is 9.83. The number of rotatable bonds is 1. The van der Waals surface area contributed by atoms with Crippen molar-refractivity contribution in [3.8, 4) is 0 Å². The highest BCUT2D eigenvalue weighted by molar-refractivity contribution is 5.85. The molecule has 106 valence electrons. The number of alkyl halides is 1. The predicted molar refractivity (Wildman–Crippen MR) is 76.6 cm³/mol. The molecular weight excluding hydrogens is 255 g/mol. The topological polar surface area (TPSA) is 37.0 Å². The van der Waals surface area contributed by atoms with E-state index in [0.29, 0.717) is 26.1 Å². The smallest absolute Gasteiger partial charge is 0.136 e. The normalized spacial score (nSPS) is 25.6. The summed E-state index contributed by atoms with van der Waals surface area (Å²) in [4.78, 5) is 3.45. The van der Waals surface area contributed by atoms with Gasteiger partial charge < -0.3 is 15.0 Å². The van der Waals surface area contributed by atoms with Gasteiger partial charge in [-0.05, 0) is 24.6 Å². The van der Waals surface area contributed by atoms with Crippen molar-refractivity contribution in [1.82, 2.24) is 10.3 Å². The maximum Gasteiger partial charge on any atom is 0.136 e. The van der Waals surface area contributed by atoms with Crippen LogP contribution >= 0.6 is 0 Å². The minimum atomic E-state index is -1.20. The fourth-order valence-corrected chi connectivity index (χ4v) is 3.62. The van der Waals surface area contributed by atoms with Crippen LogP contribution < -0.4 is 5.32 Å². The molecule has 1 aromatic heterocycles. The Hall–Kier alpha value is -1.39. The first-order valence-corrected chi connectivity index (χ1v) is 7.37. The lowest BCUT2D eigenvalue weighted by Gasteiger charge is -2.39. The highest BCUT2D eigenvalue weighted by atomic mass is 19.1. The van der Waals surface area contributed by atoms with E-state index >= 15 is 4.39 Å². The maximum atomic E-state index is 15.3. The molecule has 0 spiro atoms. The van der Waals surface area contributed by atoms with E-state index in [1.165, 1.54) is 10.9 Å². The Balaban J connectivity index is 1.81. The number of hydrogen-bond donors (Lipinski definition) is 2. The molecular formula is C16H19FN2O. The molecule has 3 heterocycles. The molecule has 2 N–H and O–H groups in total. The van der Waals surface area contributed by atoms with Gasteiger partial charge in [0.1, 0.15) is 5.67 Å². The minimum absolute atomic E-state index is 0.234. The zero-order chi connectivity index (χ0) is 13.6. The lowest BCUT2D eigenvalue weighted by Crippen LogP contribution is -2.47. The third-order valence-electron chi connectivity index (χ3n) is 4.70. The van der Waals surface area contributed by atoms with Crippen molar-refractivity contribution >= 4 is 10.9 Å². The number of halogens is 1. The molecule has 0 bridgehead atoms. The van der Waals surface area contributed by atoms with Gasteiger partial charge in [0.05, 0.1) is 6.04 Å². The van der Waals surface area contributed by atoms with Gasteiger partial charge in [0, 0.05) is 42.7 Å². The van der Waals surface area contributed by atoms with Gasteiger partial charge in [-0.15, -0.1) is 0 Å². The van der Waals surface area contributed by atoms with Crippen LogP contribution in [0.25, 0.3) is 10.9 Å². The quantitative estimate of drug-likeness (QED) is 0.839. The number of benzene rings is 1. The molecule has 3 nitrogen and oxygen atoms in total. The van der Waals surface area contributed by atoms with E-state index in [4.69, 9.17) is 4.74 Å². The Morgan fingerprint density at radius 1 is 1.20 bits per heavy atom. The van der Waals surface area contributed by atoms with Gasteiger partial charge in [-0.25, -0.2) is 4.39 Å². The van der Waals surface area contributed by atoms with E-state index in [-0.39, 0.29) is 6.04 Å². The number of aromatic nitrogens is 1. The van der Waals surface area contributed by atoms with Gasteiger partial charge in [-0.1, -0.05) is 18.2 Å². The van der Waals surface area contributed by atoms with Crippen LogP contribution in [0.3, 0.4) is 0 Å². The predicted octanol–water partition coefficient (Wildman–Crippen LogP) is 2.87. The number of hydrogen-bond acceptors (Lipinski definition) is 2. The van der Waals surface area contributed by atoms with E-state index in [1.807, 2.05) is 12.1 Å². The van der Waals surface area contributed by atoms with Crippen LogP contribution in [0.2, 0.25) is 0 Å². The van der Waals surface area contributed by atoms with Crippen molar-refractivity contribution in [1.29, 1.82) is 0 Å². The first-order chi connectivity index (χ1) is 9.78. The van der Waals surface area contributed by atoms with Crippen LogP contribution in [-0.2, 0) is 11.2 Å². The molecule has 4 rings (SSSR count). The van der Waals surface area contributed by atoms with Crippen molar-refractivity contribution < 1.29 is 9.13 Å².